The Morgan fingerprint density at radius 1 is 1.45 bits per heavy atom. The molecule has 29 heavy (non-hydrogen) atoms. The highest BCUT2D eigenvalue weighted by Crippen LogP contribution is 2.66. The Hall–Kier alpha value is -2.16. The van der Waals surface area contributed by atoms with Crippen LogP contribution >= 0.6 is 23.4 Å². The molecule has 2 aliphatic rings. The number of carbonyl (C=O) groups is 1. The number of hydrogen-bond acceptors (Lipinski definition) is 6. The molecule has 152 valence electrons. The first-order valence-electron chi connectivity index (χ1n) is 9.04. The standard InChI is InChI=1S/C20H20ClFN4O2S/c1-19(16-8-20(16,10-28-2)29-18(23)26-19)13-7-12(4-5-14(13)22)25-17(27)15-6-3-11(21)9-24-15/h3-7,9,16H,8,10H2,1-2H3,(H2,23,26)(H,25,27)/t16-,19+,20+/m0/s1. The minimum absolute atomic E-state index is 0.0885. The number of aliphatic imine (C=N–C) groups is 1. The SMILES string of the molecule is COC[C@]12C[C@H]1[C@@](C)(c1cc(NC(=O)c3ccc(Cl)cn3)ccc1F)N=C(N)S2. The molecule has 1 amide bonds. The van der Waals surface area contributed by atoms with Crippen molar-refractivity contribution in [2.24, 2.45) is 16.6 Å². The first-order valence-corrected chi connectivity index (χ1v) is 10.2. The average Bonchev–Trinajstić information content (AvgIpc) is 3.38. The number of ether oxygens (including phenoxy) is 1. The maximum atomic E-state index is 14.8. The summed E-state index contributed by atoms with van der Waals surface area (Å²) in [5.74, 6) is -0.714. The second-order valence-electron chi connectivity index (χ2n) is 7.46. The summed E-state index contributed by atoms with van der Waals surface area (Å²) in [6.07, 6.45) is 2.23. The van der Waals surface area contributed by atoms with E-state index in [1.807, 2.05) is 6.92 Å². The molecule has 0 unspecified atom stereocenters. The number of amides is 1. The van der Waals surface area contributed by atoms with Gasteiger partial charge in [-0.1, -0.05) is 23.4 Å². The highest BCUT2D eigenvalue weighted by molar-refractivity contribution is 8.15. The van der Waals surface area contributed by atoms with E-state index >= 15 is 0 Å². The summed E-state index contributed by atoms with van der Waals surface area (Å²) >= 11 is 7.30. The van der Waals surface area contributed by atoms with Crippen LogP contribution in [0.2, 0.25) is 5.02 Å². The Morgan fingerprint density at radius 2 is 2.24 bits per heavy atom. The van der Waals surface area contributed by atoms with Crippen LogP contribution in [0.3, 0.4) is 0 Å². The third-order valence-electron chi connectivity index (χ3n) is 5.47. The summed E-state index contributed by atoms with van der Waals surface area (Å²) in [4.78, 5) is 21.1. The summed E-state index contributed by atoms with van der Waals surface area (Å²) in [5, 5.41) is 3.61. The summed E-state index contributed by atoms with van der Waals surface area (Å²) in [6, 6.07) is 7.57. The van der Waals surface area contributed by atoms with Gasteiger partial charge in [-0.05, 0) is 43.7 Å². The van der Waals surface area contributed by atoms with E-state index in [4.69, 9.17) is 22.1 Å². The fourth-order valence-corrected chi connectivity index (χ4v) is 5.59. The highest BCUT2D eigenvalue weighted by Gasteiger charge is 2.66. The number of aromatic nitrogens is 1. The molecule has 0 saturated heterocycles. The van der Waals surface area contributed by atoms with Crippen LogP contribution in [0.15, 0.2) is 41.5 Å². The number of amidine groups is 1. The van der Waals surface area contributed by atoms with Gasteiger partial charge in [-0.25, -0.2) is 9.37 Å². The summed E-state index contributed by atoms with van der Waals surface area (Å²) in [6.45, 7) is 2.40. The number of nitrogens with two attached hydrogens (primary N) is 1. The minimum Gasteiger partial charge on any atom is -0.383 e. The molecule has 1 fully saturated rings. The fraction of sp³-hybridized carbons (Fsp3) is 0.350. The Morgan fingerprint density at radius 3 is 2.93 bits per heavy atom. The Labute approximate surface area is 177 Å². The Balaban J connectivity index is 1.64. The molecule has 2 aromatic rings. The number of anilines is 1. The maximum Gasteiger partial charge on any atom is 0.274 e. The number of nitrogens with one attached hydrogen (secondary N) is 1. The van der Waals surface area contributed by atoms with E-state index < -0.39 is 17.3 Å². The van der Waals surface area contributed by atoms with Crippen LogP contribution in [0.25, 0.3) is 0 Å². The molecule has 1 aromatic heterocycles. The van der Waals surface area contributed by atoms with E-state index in [1.54, 1.807) is 19.2 Å². The van der Waals surface area contributed by atoms with Crippen LogP contribution in [-0.2, 0) is 10.3 Å². The molecular formula is C20H20ClFN4O2S. The Kier molecular flexibility index (Phi) is 5.04. The molecule has 0 radical (unpaired) electrons. The number of thioether (sulfide) groups is 1. The number of benzene rings is 1. The maximum absolute atomic E-state index is 14.8. The van der Waals surface area contributed by atoms with Gasteiger partial charge in [0.2, 0.25) is 0 Å². The number of fused-ring (bicyclic) bond motifs is 1. The van der Waals surface area contributed by atoms with Crippen molar-refractivity contribution in [3.8, 4) is 0 Å². The van der Waals surface area contributed by atoms with Crippen LogP contribution < -0.4 is 11.1 Å². The monoisotopic (exact) mass is 434 g/mol. The van der Waals surface area contributed by atoms with E-state index in [-0.39, 0.29) is 16.4 Å². The smallest absolute Gasteiger partial charge is 0.274 e. The van der Waals surface area contributed by atoms with Gasteiger partial charge >= 0.3 is 0 Å². The fourth-order valence-electron chi connectivity index (χ4n) is 4.03. The molecular weight excluding hydrogens is 415 g/mol. The molecule has 3 atom stereocenters. The average molecular weight is 435 g/mol. The number of hydrogen-bond donors (Lipinski definition) is 2. The second-order valence-corrected chi connectivity index (χ2v) is 9.34. The van der Waals surface area contributed by atoms with Gasteiger partial charge in [0.25, 0.3) is 5.91 Å². The van der Waals surface area contributed by atoms with Crippen molar-refractivity contribution in [3.63, 3.8) is 0 Å². The van der Waals surface area contributed by atoms with Gasteiger partial charge in [0.1, 0.15) is 11.5 Å². The molecule has 0 spiro atoms. The molecule has 4 rings (SSSR count). The number of pyridine rings is 1. The van der Waals surface area contributed by atoms with Crippen LogP contribution in [0, 0.1) is 11.7 Å². The highest BCUT2D eigenvalue weighted by atomic mass is 35.5. The lowest BCUT2D eigenvalue weighted by atomic mass is 9.85. The van der Waals surface area contributed by atoms with E-state index in [9.17, 15) is 9.18 Å². The van der Waals surface area contributed by atoms with Crippen LogP contribution in [-0.4, -0.2) is 34.5 Å². The normalized spacial score (nSPS) is 27.7. The molecule has 9 heteroatoms. The van der Waals surface area contributed by atoms with E-state index in [0.29, 0.717) is 28.0 Å². The van der Waals surface area contributed by atoms with Crippen molar-refractivity contribution in [2.45, 2.75) is 23.6 Å². The van der Waals surface area contributed by atoms with Crippen LogP contribution in [0.1, 0.15) is 29.4 Å². The first kappa shape index (κ1) is 20.1. The largest absolute Gasteiger partial charge is 0.383 e. The van der Waals surface area contributed by atoms with Crippen LogP contribution in [0.5, 0.6) is 0 Å². The lowest BCUT2D eigenvalue weighted by molar-refractivity contribution is 0.102. The predicted octanol–water partition coefficient (Wildman–Crippen LogP) is 3.81. The lowest BCUT2D eigenvalue weighted by Crippen LogP contribution is -2.37. The second kappa shape index (κ2) is 7.27. The van der Waals surface area contributed by atoms with Crippen molar-refractivity contribution in [1.82, 2.24) is 4.98 Å². The number of carbonyl (C=O) groups excluding carboxylic acids is 1. The van der Waals surface area contributed by atoms with Crippen molar-refractivity contribution in [1.29, 1.82) is 0 Å². The summed E-state index contributed by atoms with van der Waals surface area (Å²) < 4.78 is 20.0. The molecule has 3 N–H and O–H groups in total. The van der Waals surface area contributed by atoms with Gasteiger partial charge in [-0.2, -0.15) is 0 Å². The summed E-state index contributed by atoms with van der Waals surface area (Å²) in [7, 11) is 1.64. The van der Waals surface area contributed by atoms with E-state index in [0.717, 1.165) is 6.42 Å². The van der Waals surface area contributed by atoms with Crippen molar-refractivity contribution < 1.29 is 13.9 Å². The zero-order chi connectivity index (χ0) is 20.8. The number of methoxy groups -OCH3 is 1. The predicted molar refractivity (Wildman–Crippen MR) is 113 cm³/mol. The lowest BCUT2D eigenvalue weighted by Gasteiger charge is -2.34. The number of halogens is 2. The molecule has 2 heterocycles. The molecule has 1 aliphatic heterocycles. The Bertz CT molecular complexity index is 1000. The van der Waals surface area contributed by atoms with Gasteiger partial charge in [0.15, 0.2) is 5.17 Å². The number of rotatable bonds is 5. The quantitative estimate of drug-likeness (QED) is 0.746. The van der Waals surface area contributed by atoms with Gasteiger partial charge in [0.05, 0.1) is 21.9 Å². The molecule has 0 bridgehead atoms. The van der Waals surface area contributed by atoms with Gasteiger partial charge in [-0.15, -0.1) is 0 Å². The zero-order valence-electron chi connectivity index (χ0n) is 15.9. The van der Waals surface area contributed by atoms with Crippen molar-refractivity contribution in [3.05, 3.63) is 58.6 Å². The first-order chi connectivity index (χ1) is 13.8. The molecule has 1 aliphatic carbocycles. The van der Waals surface area contributed by atoms with Crippen LogP contribution in [0.4, 0.5) is 10.1 Å². The number of nitrogens with zero attached hydrogens (tertiary/aromatic N) is 2. The van der Waals surface area contributed by atoms with Gasteiger partial charge < -0.3 is 15.8 Å². The third kappa shape index (κ3) is 3.60. The topological polar surface area (TPSA) is 89.6 Å². The van der Waals surface area contributed by atoms with Gasteiger partial charge in [-0.3, -0.25) is 9.79 Å². The molecule has 1 aromatic carbocycles. The molecule has 6 nitrogen and oxygen atoms in total. The third-order valence-corrected chi connectivity index (χ3v) is 6.97. The van der Waals surface area contributed by atoms with E-state index in [1.165, 1.54) is 36.2 Å². The molecule has 1 saturated carbocycles. The zero-order valence-corrected chi connectivity index (χ0v) is 17.5. The van der Waals surface area contributed by atoms with E-state index in [2.05, 4.69) is 15.3 Å². The van der Waals surface area contributed by atoms with Gasteiger partial charge in [0, 0.05) is 30.5 Å². The van der Waals surface area contributed by atoms with Crippen molar-refractivity contribution >= 4 is 40.1 Å². The minimum atomic E-state index is -0.836. The summed E-state index contributed by atoms with van der Waals surface area (Å²) in [5.41, 5.74) is 6.31. The van der Waals surface area contributed by atoms with Crippen molar-refractivity contribution in [2.75, 3.05) is 19.0 Å².